The van der Waals surface area contributed by atoms with E-state index in [9.17, 15) is 13.6 Å². The van der Waals surface area contributed by atoms with Gasteiger partial charge >= 0.3 is 12.6 Å². The number of carbonyl (C=O) groups is 1. The molecule has 0 bridgehead atoms. The molecule has 0 unspecified atom stereocenters. The first-order valence-corrected chi connectivity index (χ1v) is 4.35. The molecule has 7 heteroatoms. The van der Waals surface area contributed by atoms with Gasteiger partial charge in [-0.15, -0.1) is 0 Å². The number of ether oxygens (including phenoxy) is 1. The van der Waals surface area contributed by atoms with Crippen LogP contribution in [0.1, 0.15) is 10.4 Å². The van der Waals surface area contributed by atoms with Gasteiger partial charge in [0.05, 0.1) is 10.0 Å². The van der Waals surface area contributed by atoms with E-state index in [0.29, 0.717) is 0 Å². The molecule has 0 aliphatic carbocycles. The quantitative estimate of drug-likeness (QED) is 0.903. The first-order valence-electron chi connectivity index (χ1n) is 3.59. The summed E-state index contributed by atoms with van der Waals surface area (Å²) in [5.41, 5.74) is -0.579. The van der Waals surface area contributed by atoms with Crippen LogP contribution in [0.4, 0.5) is 8.78 Å². The van der Waals surface area contributed by atoms with E-state index in [4.69, 9.17) is 28.3 Å². The maximum Gasteiger partial charge on any atom is 0.387 e. The normalized spacial score (nSPS) is 10.5. The van der Waals surface area contributed by atoms with Crippen molar-refractivity contribution < 1.29 is 23.4 Å². The highest BCUT2D eigenvalue weighted by molar-refractivity contribution is 6.44. The minimum Gasteiger partial charge on any atom is -0.478 e. The Labute approximate surface area is 93.2 Å². The summed E-state index contributed by atoms with van der Waals surface area (Å²) < 4.78 is 27.8. The zero-order valence-corrected chi connectivity index (χ0v) is 8.52. The molecule has 3 nitrogen and oxygen atoms in total. The second-order valence-corrected chi connectivity index (χ2v) is 3.20. The molecule has 0 saturated carbocycles. The van der Waals surface area contributed by atoms with Crippen LogP contribution in [0.25, 0.3) is 0 Å². The topological polar surface area (TPSA) is 46.5 Å². The molecule has 82 valence electrons. The summed E-state index contributed by atoms with van der Waals surface area (Å²) in [6.07, 6.45) is 0. The minimum absolute atomic E-state index is 0.0457. The van der Waals surface area contributed by atoms with E-state index >= 15 is 0 Å². The van der Waals surface area contributed by atoms with Gasteiger partial charge in [0.15, 0.2) is 0 Å². The van der Waals surface area contributed by atoms with Crippen molar-refractivity contribution in [2.45, 2.75) is 6.61 Å². The fraction of sp³-hybridized carbons (Fsp3) is 0.125. The van der Waals surface area contributed by atoms with Gasteiger partial charge in [-0.3, -0.25) is 0 Å². The summed E-state index contributed by atoms with van der Waals surface area (Å²) in [4.78, 5) is 10.7. The molecule has 1 aromatic rings. The van der Waals surface area contributed by atoms with Crippen molar-refractivity contribution in [2.75, 3.05) is 0 Å². The number of aromatic carboxylic acids is 1. The number of hydrogen-bond donors (Lipinski definition) is 1. The smallest absolute Gasteiger partial charge is 0.387 e. The van der Waals surface area contributed by atoms with Crippen LogP contribution in [0, 0.1) is 0 Å². The Balaban J connectivity index is 3.27. The molecule has 0 atom stereocenters. The lowest BCUT2D eigenvalue weighted by Crippen LogP contribution is -2.08. The van der Waals surface area contributed by atoms with Gasteiger partial charge in [0.1, 0.15) is 11.3 Å². The fourth-order valence-corrected chi connectivity index (χ4v) is 1.32. The molecule has 0 heterocycles. The summed E-state index contributed by atoms with van der Waals surface area (Å²) in [6, 6.07) is 2.19. The Bertz CT molecular complexity index is 396. The molecule has 15 heavy (non-hydrogen) atoms. The van der Waals surface area contributed by atoms with Gasteiger partial charge in [0, 0.05) is 0 Å². The summed E-state index contributed by atoms with van der Waals surface area (Å²) in [7, 11) is 0. The summed E-state index contributed by atoms with van der Waals surface area (Å²) in [5, 5.41) is 8.34. The van der Waals surface area contributed by atoms with Crippen LogP contribution < -0.4 is 4.74 Å². The van der Waals surface area contributed by atoms with E-state index in [2.05, 4.69) is 4.74 Å². The Morgan fingerprint density at radius 3 is 2.47 bits per heavy atom. The number of carboxylic acids is 1. The average Bonchev–Trinajstić information content (AvgIpc) is 2.10. The maximum absolute atomic E-state index is 11.9. The van der Waals surface area contributed by atoms with E-state index in [1.165, 1.54) is 6.07 Å². The molecule has 0 amide bonds. The SMILES string of the molecule is O=C(O)c1c(OC(F)F)ccc(Cl)c1Cl. The van der Waals surface area contributed by atoms with E-state index in [1.54, 1.807) is 0 Å². The van der Waals surface area contributed by atoms with Crippen molar-refractivity contribution in [1.82, 2.24) is 0 Å². The average molecular weight is 257 g/mol. The summed E-state index contributed by atoms with van der Waals surface area (Å²) in [6.45, 7) is -3.12. The van der Waals surface area contributed by atoms with Gasteiger partial charge in [-0.2, -0.15) is 8.78 Å². The third-order valence-corrected chi connectivity index (χ3v) is 2.29. The van der Waals surface area contributed by atoms with Crippen LogP contribution in [-0.2, 0) is 0 Å². The molecular weight excluding hydrogens is 253 g/mol. The largest absolute Gasteiger partial charge is 0.478 e. The lowest BCUT2D eigenvalue weighted by molar-refractivity contribution is -0.0503. The minimum atomic E-state index is -3.12. The third-order valence-electron chi connectivity index (χ3n) is 1.49. The van der Waals surface area contributed by atoms with E-state index in [1.807, 2.05) is 0 Å². The molecule has 0 spiro atoms. The van der Waals surface area contributed by atoms with Crippen molar-refractivity contribution >= 4 is 29.2 Å². The van der Waals surface area contributed by atoms with Crippen molar-refractivity contribution in [3.8, 4) is 5.75 Å². The predicted molar refractivity (Wildman–Crippen MR) is 50.1 cm³/mol. The van der Waals surface area contributed by atoms with Gasteiger partial charge in [0.2, 0.25) is 0 Å². The number of rotatable bonds is 3. The molecular formula is C8H4Cl2F2O3. The highest BCUT2D eigenvalue weighted by Gasteiger charge is 2.20. The summed E-state index contributed by atoms with van der Waals surface area (Å²) >= 11 is 11.1. The lowest BCUT2D eigenvalue weighted by Gasteiger charge is -2.09. The van der Waals surface area contributed by atoms with Crippen LogP contribution in [0.2, 0.25) is 10.0 Å². The van der Waals surface area contributed by atoms with Crippen LogP contribution in [-0.4, -0.2) is 17.7 Å². The number of benzene rings is 1. The fourth-order valence-electron chi connectivity index (χ4n) is 0.926. The van der Waals surface area contributed by atoms with Gasteiger partial charge in [-0.25, -0.2) is 4.79 Å². The van der Waals surface area contributed by atoms with E-state index in [0.717, 1.165) is 6.07 Å². The van der Waals surface area contributed by atoms with Crippen LogP contribution in [0.15, 0.2) is 12.1 Å². The molecule has 1 aromatic carbocycles. The predicted octanol–water partition coefficient (Wildman–Crippen LogP) is 3.29. The lowest BCUT2D eigenvalue weighted by atomic mass is 10.2. The molecule has 1 rings (SSSR count). The Kier molecular flexibility index (Phi) is 3.71. The number of alkyl halides is 2. The zero-order valence-electron chi connectivity index (χ0n) is 7.01. The van der Waals surface area contributed by atoms with Crippen molar-refractivity contribution in [3.05, 3.63) is 27.7 Å². The maximum atomic E-state index is 11.9. The van der Waals surface area contributed by atoms with Gasteiger partial charge in [-0.1, -0.05) is 23.2 Å². The Morgan fingerprint density at radius 2 is 2.00 bits per heavy atom. The van der Waals surface area contributed by atoms with Gasteiger partial charge in [0.25, 0.3) is 0 Å². The molecule has 0 aromatic heterocycles. The molecule has 0 fully saturated rings. The van der Waals surface area contributed by atoms with Crippen LogP contribution >= 0.6 is 23.2 Å². The third kappa shape index (κ3) is 2.70. The van der Waals surface area contributed by atoms with Gasteiger partial charge < -0.3 is 9.84 Å². The van der Waals surface area contributed by atoms with Crippen LogP contribution in [0.5, 0.6) is 5.75 Å². The first-order chi connectivity index (χ1) is 6.93. The standard InChI is InChI=1S/C8H4Cl2F2O3/c9-3-1-2-4(15-8(11)12)5(6(3)10)7(13)14/h1-2,8H,(H,13,14). The molecule has 0 aliphatic rings. The van der Waals surface area contributed by atoms with Crippen molar-refractivity contribution in [2.24, 2.45) is 0 Å². The highest BCUT2D eigenvalue weighted by atomic mass is 35.5. The molecule has 1 N–H and O–H groups in total. The Hall–Kier alpha value is -1.07. The second-order valence-electron chi connectivity index (χ2n) is 2.42. The number of carboxylic acid groups (broad SMARTS) is 1. The van der Waals surface area contributed by atoms with E-state index in [-0.39, 0.29) is 10.0 Å². The number of halogens is 4. The molecule has 0 aliphatic heterocycles. The second kappa shape index (κ2) is 4.63. The zero-order chi connectivity index (χ0) is 11.6. The van der Waals surface area contributed by atoms with E-state index < -0.39 is 23.9 Å². The molecule has 0 radical (unpaired) electrons. The van der Waals surface area contributed by atoms with Crippen molar-refractivity contribution in [3.63, 3.8) is 0 Å². The highest BCUT2D eigenvalue weighted by Crippen LogP contribution is 2.33. The summed E-state index contributed by atoms with van der Waals surface area (Å²) in [5.74, 6) is -2.01. The van der Waals surface area contributed by atoms with Crippen molar-refractivity contribution in [1.29, 1.82) is 0 Å². The number of hydrogen-bond acceptors (Lipinski definition) is 2. The Morgan fingerprint density at radius 1 is 1.40 bits per heavy atom. The first kappa shape index (κ1) is 12.0. The monoisotopic (exact) mass is 256 g/mol. The van der Waals surface area contributed by atoms with Gasteiger partial charge in [-0.05, 0) is 12.1 Å². The molecule has 0 saturated heterocycles. The van der Waals surface area contributed by atoms with Crippen LogP contribution in [0.3, 0.4) is 0 Å².